The van der Waals surface area contributed by atoms with E-state index in [1.807, 2.05) is 0 Å². The Hall–Kier alpha value is -1.99. The zero-order valence-corrected chi connectivity index (χ0v) is 12.2. The molecule has 0 fully saturated rings. The number of hydrogen-bond donors (Lipinski definition) is 2. The number of amides is 1. The molecule has 21 heavy (non-hydrogen) atoms. The van der Waals surface area contributed by atoms with Gasteiger partial charge in [-0.3, -0.25) is 14.9 Å². The minimum atomic E-state index is -1.03. The molecule has 0 aliphatic heterocycles. The smallest absolute Gasteiger partial charge is 0.269 e. The predicted octanol–water partition coefficient (Wildman–Crippen LogP) is 1.04. The summed E-state index contributed by atoms with van der Waals surface area (Å²) in [5, 5.41) is 23.1. The number of methoxy groups -OCH3 is 1. The van der Waals surface area contributed by atoms with Gasteiger partial charge in [0.25, 0.3) is 5.69 Å². The molecule has 0 radical (unpaired) electrons. The molecule has 1 rings (SSSR count). The van der Waals surface area contributed by atoms with Gasteiger partial charge >= 0.3 is 0 Å². The quantitative estimate of drug-likeness (QED) is 0.551. The van der Waals surface area contributed by atoms with Crippen LogP contribution in [-0.2, 0) is 16.0 Å². The summed E-state index contributed by atoms with van der Waals surface area (Å²) in [5.41, 5.74) is -0.363. The summed E-state index contributed by atoms with van der Waals surface area (Å²) >= 11 is 0. The number of rotatable bonds is 8. The highest BCUT2D eigenvalue weighted by Crippen LogP contribution is 2.12. The van der Waals surface area contributed by atoms with Gasteiger partial charge in [0.05, 0.1) is 16.9 Å². The number of carbonyl (C=O) groups is 1. The second kappa shape index (κ2) is 7.70. The maximum Gasteiger partial charge on any atom is 0.269 e. The van der Waals surface area contributed by atoms with E-state index in [1.165, 1.54) is 12.1 Å². The van der Waals surface area contributed by atoms with Crippen LogP contribution in [0, 0.1) is 10.1 Å². The first-order chi connectivity index (χ1) is 9.84. The lowest BCUT2D eigenvalue weighted by Gasteiger charge is -2.23. The Kier molecular flexibility index (Phi) is 6.26. The van der Waals surface area contributed by atoms with Crippen molar-refractivity contribution in [2.75, 3.05) is 20.3 Å². The molecule has 1 amide bonds. The molecule has 0 saturated carbocycles. The molecule has 1 atom stereocenters. The van der Waals surface area contributed by atoms with Crippen LogP contribution in [0.3, 0.4) is 0 Å². The third-order valence-corrected chi connectivity index (χ3v) is 3.02. The molecule has 1 unspecified atom stereocenters. The van der Waals surface area contributed by atoms with Crippen LogP contribution in [0.2, 0.25) is 0 Å². The second-order valence-corrected chi connectivity index (χ2v) is 5.12. The van der Waals surface area contributed by atoms with Crippen LogP contribution in [0.5, 0.6) is 0 Å². The Bertz CT molecular complexity index is 485. The summed E-state index contributed by atoms with van der Waals surface area (Å²) < 4.78 is 4.88. The minimum absolute atomic E-state index is 0.0124. The van der Waals surface area contributed by atoms with Gasteiger partial charge in [-0.1, -0.05) is 12.1 Å². The highest BCUT2D eigenvalue weighted by molar-refractivity contribution is 5.78. The first kappa shape index (κ1) is 17.1. The van der Waals surface area contributed by atoms with E-state index in [0.29, 0.717) is 18.6 Å². The van der Waals surface area contributed by atoms with Gasteiger partial charge in [0, 0.05) is 38.8 Å². The van der Waals surface area contributed by atoms with Gasteiger partial charge < -0.3 is 15.2 Å². The fraction of sp³-hybridized carbons (Fsp3) is 0.500. The Morgan fingerprint density at radius 3 is 2.57 bits per heavy atom. The molecule has 0 saturated heterocycles. The number of nitrogens with one attached hydrogen (secondary N) is 1. The van der Waals surface area contributed by atoms with E-state index in [9.17, 15) is 20.0 Å². The number of carbonyl (C=O) groups excluding carboxylic acids is 1. The second-order valence-electron chi connectivity index (χ2n) is 5.12. The molecular formula is C14H20N2O5. The Balaban J connectivity index is 2.45. The van der Waals surface area contributed by atoms with Crippen LogP contribution < -0.4 is 5.32 Å². The van der Waals surface area contributed by atoms with E-state index in [1.54, 1.807) is 26.2 Å². The summed E-state index contributed by atoms with van der Waals surface area (Å²) in [5.74, 6) is -0.249. The third kappa shape index (κ3) is 6.33. The predicted molar refractivity (Wildman–Crippen MR) is 76.9 cm³/mol. The van der Waals surface area contributed by atoms with Gasteiger partial charge in [-0.25, -0.2) is 0 Å². The molecule has 116 valence electrons. The SMILES string of the molecule is COCCC(C)(O)CNC(=O)Cc1ccc([N+](=O)[O-])cc1. The normalized spacial score (nSPS) is 13.5. The first-order valence-corrected chi connectivity index (χ1v) is 6.55. The molecule has 1 aromatic rings. The lowest BCUT2D eigenvalue weighted by Crippen LogP contribution is -2.41. The summed E-state index contributed by atoms with van der Waals surface area (Å²) in [6.07, 6.45) is 0.527. The minimum Gasteiger partial charge on any atom is -0.388 e. The number of nitro benzene ring substituents is 1. The van der Waals surface area contributed by atoms with Gasteiger partial charge in [0.15, 0.2) is 0 Å². The number of hydrogen-bond acceptors (Lipinski definition) is 5. The van der Waals surface area contributed by atoms with Gasteiger partial charge in [-0.2, -0.15) is 0 Å². The van der Waals surface area contributed by atoms with E-state index in [2.05, 4.69) is 5.32 Å². The van der Waals surface area contributed by atoms with Crippen LogP contribution in [0.1, 0.15) is 18.9 Å². The molecule has 2 N–H and O–H groups in total. The Morgan fingerprint density at radius 1 is 1.43 bits per heavy atom. The van der Waals surface area contributed by atoms with Gasteiger partial charge in [-0.15, -0.1) is 0 Å². The van der Waals surface area contributed by atoms with Crippen molar-refractivity contribution in [3.63, 3.8) is 0 Å². The number of non-ortho nitro benzene ring substituents is 1. The molecule has 0 heterocycles. The molecule has 0 spiro atoms. The summed E-state index contributed by atoms with van der Waals surface area (Å²) in [6, 6.07) is 5.80. The number of nitrogens with zero attached hydrogens (tertiary/aromatic N) is 1. The number of aliphatic hydroxyl groups is 1. The maximum atomic E-state index is 11.8. The monoisotopic (exact) mass is 296 g/mol. The van der Waals surface area contributed by atoms with E-state index in [0.717, 1.165) is 0 Å². The van der Waals surface area contributed by atoms with Crippen molar-refractivity contribution in [2.45, 2.75) is 25.4 Å². The standard InChI is InChI=1S/C14H20N2O5/c1-14(18,7-8-21-2)10-15-13(17)9-11-3-5-12(6-4-11)16(19)20/h3-6,18H,7-10H2,1-2H3,(H,15,17). The number of ether oxygens (including phenoxy) is 1. The Labute approximate surface area is 123 Å². The van der Waals surface area contributed by atoms with Crippen LogP contribution in [0.25, 0.3) is 0 Å². The van der Waals surface area contributed by atoms with Gasteiger partial charge in [0.1, 0.15) is 0 Å². The third-order valence-electron chi connectivity index (χ3n) is 3.02. The lowest BCUT2D eigenvalue weighted by atomic mass is 10.0. The average Bonchev–Trinajstić information content (AvgIpc) is 2.44. The van der Waals surface area contributed by atoms with Crippen LogP contribution in [0.4, 0.5) is 5.69 Å². The molecule has 1 aromatic carbocycles. The molecule has 0 bridgehead atoms. The molecular weight excluding hydrogens is 276 g/mol. The summed E-state index contributed by atoms with van der Waals surface area (Å²) in [6.45, 7) is 2.16. The molecule has 7 nitrogen and oxygen atoms in total. The lowest BCUT2D eigenvalue weighted by molar-refractivity contribution is -0.384. The van der Waals surface area contributed by atoms with Gasteiger partial charge in [0.2, 0.25) is 5.91 Å². The largest absolute Gasteiger partial charge is 0.388 e. The van der Waals surface area contributed by atoms with Crippen molar-refractivity contribution in [1.29, 1.82) is 0 Å². The highest BCUT2D eigenvalue weighted by atomic mass is 16.6. The van der Waals surface area contributed by atoms with Crippen LogP contribution in [0.15, 0.2) is 24.3 Å². The van der Waals surface area contributed by atoms with Crippen molar-refractivity contribution in [3.05, 3.63) is 39.9 Å². The van der Waals surface area contributed by atoms with Crippen molar-refractivity contribution < 1.29 is 19.6 Å². The van der Waals surface area contributed by atoms with Crippen molar-refractivity contribution in [1.82, 2.24) is 5.32 Å². The Morgan fingerprint density at radius 2 is 2.05 bits per heavy atom. The fourth-order valence-corrected chi connectivity index (χ4v) is 1.68. The molecule has 0 aliphatic carbocycles. The van der Waals surface area contributed by atoms with E-state index < -0.39 is 10.5 Å². The van der Waals surface area contributed by atoms with E-state index in [4.69, 9.17) is 4.74 Å². The zero-order valence-electron chi connectivity index (χ0n) is 12.2. The van der Waals surface area contributed by atoms with Gasteiger partial charge in [-0.05, 0) is 12.5 Å². The van der Waals surface area contributed by atoms with Crippen molar-refractivity contribution >= 4 is 11.6 Å². The zero-order chi connectivity index (χ0) is 15.9. The fourth-order valence-electron chi connectivity index (χ4n) is 1.68. The first-order valence-electron chi connectivity index (χ1n) is 6.55. The average molecular weight is 296 g/mol. The van der Waals surface area contributed by atoms with E-state index in [-0.39, 0.29) is 24.6 Å². The van der Waals surface area contributed by atoms with Crippen LogP contribution >= 0.6 is 0 Å². The number of nitro groups is 1. The summed E-state index contributed by atoms with van der Waals surface area (Å²) in [4.78, 5) is 21.8. The van der Waals surface area contributed by atoms with Crippen LogP contribution in [-0.4, -0.2) is 41.8 Å². The molecule has 7 heteroatoms. The van der Waals surface area contributed by atoms with Crippen molar-refractivity contribution in [3.8, 4) is 0 Å². The summed E-state index contributed by atoms with van der Waals surface area (Å²) in [7, 11) is 1.54. The highest BCUT2D eigenvalue weighted by Gasteiger charge is 2.20. The van der Waals surface area contributed by atoms with Crippen molar-refractivity contribution in [2.24, 2.45) is 0 Å². The molecule has 0 aromatic heterocycles. The van der Waals surface area contributed by atoms with E-state index >= 15 is 0 Å². The topological polar surface area (TPSA) is 102 Å². The molecule has 0 aliphatic rings. The maximum absolute atomic E-state index is 11.8. The number of benzene rings is 1.